The predicted molar refractivity (Wildman–Crippen MR) is 76.6 cm³/mol. The molecule has 118 valence electrons. The molecule has 21 heavy (non-hydrogen) atoms. The number of ether oxygens (including phenoxy) is 1. The maximum Gasteiger partial charge on any atom is 0.243 e. The van der Waals surface area contributed by atoms with E-state index in [1.807, 2.05) is 0 Å². The van der Waals surface area contributed by atoms with Gasteiger partial charge in [0, 0.05) is 19.7 Å². The van der Waals surface area contributed by atoms with Crippen LogP contribution in [0.4, 0.5) is 0 Å². The molecule has 0 saturated heterocycles. The molecule has 1 aromatic carbocycles. The Morgan fingerprint density at radius 3 is 2.10 bits per heavy atom. The number of benzene rings is 1. The molecule has 0 spiro atoms. The maximum absolute atomic E-state index is 12.6. The van der Waals surface area contributed by atoms with Crippen molar-refractivity contribution in [1.82, 2.24) is 4.31 Å². The summed E-state index contributed by atoms with van der Waals surface area (Å²) in [6.07, 6.45) is 1.66. The molecule has 1 aromatic rings. The third-order valence-corrected chi connectivity index (χ3v) is 6.12. The van der Waals surface area contributed by atoms with Crippen LogP contribution >= 0.6 is 0 Å². The second-order valence-corrected chi connectivity index (χ2v) is 8.31. The van der Waals surface area contributed by atoms with Crippen LogP contribution in [-0.4, -0.2) is 47.4 Å². The van der Waals surface area contributed by atoms with Crippen molar-refractivity contribution in [3.63, 3.8) is 0 Å². The maximum atomic E-state index is 12.6. The van der Waals surface area contributed by atoms with Gasteiger partial charge >= 0.3 is 0 Å². The van der Waals surface area contributed by atoms with E-state index < -0.39 is 20.0 Å². The number of primary sulfonamides is 1. The summed E-state index contributed by atoms with van der Waals surface area (Å²) in [4.78, 5) is -0.0609. The normalized spacial score (nSPS) is 16.3. The first kappa shape index (κ1) is 16.4. The van der Waals surface area contributed by atoms with Crippen molar-refractivity contribution < 1.29 is 21.6 Å². The summed E-state index contributed by atoms with van der Waals surface area (Å²) in [5.74, 6) is 0. The molecule has 1 aliphatic rings. The molecule has 2 N–H and O–H groups in total. The van der Waals surface area contributed by atoms with E-state index in [1.165, 1.54) is 35.7 Å². The first-order valence-electron chi connectivity index (χ1n) is 6.40. The SMILES string of the molecule is COCCN(C1CC1)S(=O)(=O)c1ccc(S(N)(=O)=O)cc1. The van der Waals surface area contributed by atoms with Crippen LogP contribution in [0, 0.1) is 0 Å². The minimum Gasteiger partial charge on any atom is -0.383 e. The monoisotopic (exact) mass is 334 g/mol. The summed E-state index contributed by atoms with van der Waals surface area (Å²) >= 11 is 0. The van der Waals surface area contributed by atoms with Gasteiger partial charge in [-0.1, -0.05) is 0 Å². The fraction of sp³-hybridized carbons (Fsp3) is 0.500. The Balaban J connectivity index is 2.29. The quantitative estimate of drug-likeness (QED) is 0.763. The fourth-order valence-corrected chi connectivity index (χ4v) is 4.16. The minimum atomic E-state index is -3.83. The molecule has 1 fully saturated rings. The van der Waals surface area contributed by atoms with E-state index in [2.05, 4.69) is 0 Å². The first-order chi connectivity index (χ1) is 9.76. The van der Waals surface area contributed by atoms with Gasteiger partial charge in [0.15, 0.2) is 0 Å². The highest BCUT2D eigenvalue weighted by Crippen LogP contribution is 2.31. The van der Waals surface area contributed by atoms with Gasteiger partial charge in [0.05, 0.1) is 16.4 Å². The van der Waals surface area contributed by atoms with E-state index in [9.17, 15) is 16.8 Å². The number of hydrogen-bond donors (Lipinski definition) is 1. The molecule has 0 amide bonds. The highest BCUT2D eigenvalue weighted by molar-refractivity contribution is 7.89. The topological polar surface area (TPSA) is 107 Å². The zero-order chi connectivity index (χ0) is 15.7. The molecule has 0 aromatic heterocycles. The lowest BCUT2D eigenvalue weighted by molar-refractivity contribution is 0.177. The zero-order valence-electron chi connectivity index (χ0n) is 11.6. The van der Waals surface area contributed by atoms with E-state index in [4.69, 9.17) is 9.88 Å². The molecule has 7 nitrogen and oxygen atoms in total. The summed E-state index contributed by atoms with van der Waals surface area (Å²) in [7, 11) is -5.97. The van der Waals surface area contributed by atoms with Crippen molar-refractivity contribution in [2.45, 2.75) is 28.7 Å². The Hall–Kier alpha value is -1.00. The minimum absolute atomic E-state index is 0.00284. The third-order valence-electron chi connectivity index (χ3n) is 3.23. The third kappa shape index (κ3) is 3.80. The van der Waals surface area contributed by atoms with Gasteiger partial charge in [-0.15, -0.1) is 0 Å². The number of rotatable bonds is 7. The summed E-state index contributed by atoms with van der Waals surface area (Å²) in [5.41, 5.74) is 0. The van der Waals surface area contributed by atoms with Crippen molar-refractivity contribution in [2.75, 3.05) is 20.3 Å². The van der Waals surface area contributed by atoms with E-state index in [0.717, 1.165) is 12.8 Å². The molecule has 2 rings (SSSR count). The molecule has 0 heterocycles. The van der Waals surface area contributed by atoms with Crippen LogP contribution in [0.15, 0.2) is 34.1 Å². The lowest BCUT2D eigenvalue weighted by Gasteiger charge is -2.21. The molecule has 1 aliphatic carbocycles. The van der Waals surface area contributed by atoms with Crippen LogP contribution in [0.3, 0.4) is 0 Å². The molecule has 0 atom stereocenters. The first-order valence-corrected chi connectivity index (χ1v) is 9.39. The largest absolute Gasteiger partial charge is 0.383 e. The fourth-order valence-electron chi connectivity index (χ4n) is 1.98. The number of hydrogen-bond acceptors (Lipinski definition) is 5. The molecule has 0 bridgehead atoms. The van der Waals surface area contributed by atoms with Crippen LogP contribution in [0.5, 0.6) is 0 Å². The van der Waals surface area contributed by atoms with Gasteiger partial charge in [0.2, 0.25) is 20.0 Å². The molecule has 0 aliphatic heterocycles. The van der Waals surface area contributed by atoms with Crippen LogP contribution in [0.25, 0.3) is 0 Å². The number of sulfonamides is 2. The molecule has 0 unspecified atom stereocenters. The Labute approximate surface area is 124 Å². The Bertz CT molecular complexity index is 694. The lowest BCUT2D eigenvalue weighted by Crippen LogP contribution is -2.35. The van der Waals surface area contributed by atoms with Gasteiger partial charge < -0.3 is 4.74 Å². The van der Waals surface area contributed by atoms with Crippen LogP contribution in [0.2, 0.25) is 0 Å². The zero-order valence-corrected chi connectivity index (χ0v) is 13.2. The number of nitrogens with zero attached hydrogens (tertiary/aromatic N) is 1. The highest BCUT2D eigenvalue weighted by Gasteiger charge is 2.37. The van der Waals surface area contributed by atoms with E-state index in [0.29, 0.717) is 6.61 Å². The van der Waals surface area contributed by atoms with E-state index in [1.54, 1.807) is 0 Å². The van der Waals surface area contributed by atoms with Crippen LogP contribution in [-0.2, 0) is 24.8 Å². The molecular weight excluding hydrogens is 316 g/mol. The lowest BCUT2D eigenvalue weighted by atomic mass is 10.4. The van der Waals surface area contributed by atoms with Crippen molar-refractivity contribution in [2.24, 2.45) is 5.14 Å². The second kappa shape index (κ2) is 6.01. The molecule has 0 radical (unpaired) electrons. The molecule has 1 saturated carbocycles. The van der Waals surface area contributed by atoms with Crippen LogP contribution in [0.1, 0.15) is 12.8 Å². The second-order valence-electron chi connectivity index (χ2n) is 4.86. The summed E-state index contributed by atoms with van der Waals surface area (Å²) in [6.45, 7) is 0.589. The Kier molecular flexibility index (Phi) is 4.69. The Morgan fingerprint density at radius 2 is 1.67 bits per heavy atom. The van der Waals surface area contributed by atoms with Crippen molar-refractivity contribution in [1.29, 1.82) is 0 Å². The van der Waals surface area contributed by atoms with Crippen molar-refractivity contribution in [3.05, 3.63) is 24.3 Å². The van der Waals surface area contributed by atoms with Gasteiger partial charge in [-0.25, -0.2) is 22.0 Å². The molecular formula is C12H18N2O5S2. The number of nitrogens with two attached hydrogens (primary N) is 1. The van der Waals surface area contributed by atoms with Crippen LogP contribution < -0.4 is 5.14 Å². The van der Waals surface area contributed by atoms with E-state index in [-0.39, 0.29) is 22.4 Å². The average molecular weight is 334 g/mol. The standard InChI is InChI=1S/C12H18N2O5S2/c1-19-9-8-14(10-2-3-10)21(17,18)12-6-4-11(5-7-12)20(13,15)16/h4-7,10H,2-3,8-9H2,1H3,(H2,13,15,16). The summed E-state index contributed by atoms with van der Waals surface area (Å²) in [5, 5.41) is 5.00. The van der Waals surface area contributed by atoms with Crippen molar-refractivity contribution in [3.8, 4) is 0 Å². The van der Waals surface area contributed by atoms with Crippen molar-refractivity contribution >= 4 is 20.0 Å². The van der Waals surface area contributed by atoms with Gasteiger partial charge in [0.1, 0.15) is 0 Å². The smallest absolute Gasteiger partial charge is 0.243 e. The Morgan fingerprint density at radius 1 is 1.14 bits per heavy atom. The number of methoxy groups -OCH3 is 1. The molecule has 9 heteroatoms. The van der Waals surface area contributed by atoms with Gasteiger partial charge in [-0.3, -0.25) is 0 Å². The summed E-state index contributed by atoms with van der Waals surface area (Å²) in [6, 6.07) is 4.92. The average Bonchev–Trinajstić information content (AvgIpc) is 3.23. The van der Waals surface area contributed by atoms with Gasteiger partial charge in [0.25, 0.3) is 0 Å². The van der Waals surface area contributed by atoms with Gasteiger partial charge in [-0.05, 0) is 37.1 Å². The summed E-state index contributed by atoms with van der Waals surface area (Å²) < 4.78 is 53.9. The van der Waals surface area contributed by atoms with E-state index >= 15 is 0 Å². The van der Waals surface area contributed by atoms with Gasteiger partial charge in [-0.2, -0.15) is 4.31 Å². The predicted octanol–water partition coefficient (Wildman–Crippen LogP) is 0.134. The highest BCUT2D eigenvalue weighted by atomic mass is 32.2.